The molecule has 0 aromatic rings. The molecule has 3 N–H and O–H groups in total. The quantitative estimate of drug-likeness (QED) is 0.564. The van der Waals surface area contributed by atoms with Crippen LogP contribution in [-0.2, 0) is 4.79 Å². The molecule has 4 heteroatoms. The summed E-state index contributed by atoms with van der Waals surface area (Å²) in [7, 11) is 0. The van der Waals surface area contributed by atoms with E-state index < -0.39 is 0 Å². The lowest BCUT2D eigenvalue weighted by Gasteiger charge is -2.29. The van der Waals surface area contributed by atoms with Gasteiger partial charge >= 0.3 is 0 Å². The number of nitrogens with two attached hydrogens (primary N) is 1. The van der Waals surface area contributed by atoms with Gasteiger partial charge in [0.1, 0.15) is 0 Å². The van der Waals surface area contributed by atoms with Gasteiger partial charge in [0.05, 0.1) is 11.5 Å². The van der Waals surface area contributed by atoms with Crippen molar-refractivity contribution in [1.82, 2.24) is 5.32 Å². The Morgan fingerprint density at radius 3 is 2.47 bits per heavy atom. The van der Waals surface area contributed by atoms with Crippen LogP contribution in [0, 0.1) is 16.7 Å². The predicted molar refractivity (Wildman–Crippen MR) is 67.0 cm³/mol. The molecule has 0 bridgehead atoms. The molecule has 0 radical (unpaired) electrons. The average molecular weight is 237 g/mol. The van der Waals surface area contributed by atoms with Gasteiger partial charge in [0.2, 0.25) is 5.91 Å². The maximum absolute atomic E-state index is 12.2. The Balaban J connectivity index is 2.47. The van der Waals surface area contributed by atoms with E-state index in [4.69, 9.17) is 11.0 Å². The molecule has 1 amide bonds. The zero-order valence-electron chi connectivity index (χ0n) is 10.5. The summed E-state index contributed by atoms with van der Waals surface area (Å²) >= 11 is 0. The summed E-state index contributed by atoms with van der Waals surface area (Å²) in [6.07, 6.45) is 7.67. The smallest absolute Gasteiger partial charge is 0.227 e. The Morgan fingerprint density at radius 1 is 1.29 bits per heavy atom. The Kier molecular flexibility index (Phi) is 5.99. The number of rotatable bonds is 5. The second kappa shape index (κ2) is 7.29. The standard InChI is InChI=1S/C13H23N3O/c14-9-5-6-10-16-12(17)13(11-15)7-3-1-2-4-8-13/h1-8,10-11,15H2,(H,16,17). The van der Waals surface area contributed by atoms with E-state index in [2.05, 4.69) is 11.4 Å². The highest BCUT2D eigenvalue weighted by molar-refractivity contribution is 5.82. The van der Waals surface area contributed by atoms with Gasteiger partial charge in [0, 0.05) is 19.5 Å². The van der Waals surface area contributed by atoms with E-state index in [0.29, 0.717) is 19.5 Å². The highest BCUT2D eigenvalue weighted by Gasteiger charge is 2.36. The van der Waals surface area contributed by atoms with E-state index in [1.165, 1.54) is 12.8 Å². The molecule has 1 aliphatic rings. The maximum Gasteiger partial charge on any atom is 0.227 e. The van der Waals surface area contributed by atoms with Gasteiger partial charge in [-0.2, -0.15) is 5.26 Å². The second-order valence-corrected chi connectivity index (χ2v) is 4.92. The minimum absolute atomic E-state index is 0.0971. The minimum atomic E-state index is -0.344. The maximum atomic E-state index is 12.2. The topological polar surface area (TPSA) is 78.9 Å². The van der Waals surface area contributed by atoms with E-state index in [-0.39, 0.29) is 11.3 Å². The number of hydrogen-bond acceptors (Lipinski definition) is 3. The third-order valence-corrected chi connectivity index (χ3v) is 3.68. The van der Waals surface area contributed by atoms with E-state index >= 15 is 0 Å². The van der Waals surface area contributed by atoms with Crippen LogP contribution in [0.4, 0.5) is 0 Å². The zero-order valence-corrected chi connectivity index (χ0v) is 10.5. The van der Waals surface area contributed by atoms with Crippen LogP contribution in [0.2, 0.25) is 0 Å². The van der Waals surface area contributed by atoms with Crippen molar-refractivity contribution in [2.75, 3.05) is 13.1 Å². The van der Waals surface area contributed by atoms with Crippen LogP contribution < -0.4 is 11.1 Å². The molecule has 17 heavy (non-hydrogen) atoms. The Labute approximate surface area is 104 Å². The van der Waals surface area contributed by atoms with Crippen molar-refractivity contribution < 1.29 is 4.79 Å². The highest BCUT2D eigenvalue weighted by atomic mass is 16.2. The molecule has 4 nitrogen and oxygen atoms in total. The van der Waals surface area contributed by atoms with Crippen LogP contribution in [0.15, 0.2) is 0 Å². The molecule has 0 atom stereocenters. The number of amides is 1. The van der Waals surface area contributed by atoms with Gasteiger partial charge in [-0.25, -0.2) is 0 Å². The fourth-order valence-corrected chi connectivity index (χ4v) is 2.49. The summed E-state index contributed by atoms with van der Waals surface area (Å²) in [6, 6.07) is 2.08. The van der Waals surface area contributed by atoms with E-state index in [1.54, 1.807) is 0 Å². The van der Waals surface area contributed by atoms with Crippen molar-refractivity contribution in [3.8, 4) is 6.07 Å². The first-order chi connectivity index (χ1) is 8.25. The van der Waals surface area contributed by atoms with Gasteiger partial charge in [-0.1, -0.05) is 25.7 Å². The molecule has 1 aliphatic carbocycles. The monoisotopic (exact) mass is 237 g/mol. The number of nitrogens with zero attached hydrogens (tertiary/aromatic N) is 1. The first-order valence-electron chi connectivity index (χ1n) is 6.60. The third kappa shape index (κ3) is 4.01. The van der Waals surface area contributed by atoms with Crippen LogP contribution in [0.25, 0.3) is 0 Å². The van der Waals surface area contributed by atoms with Crippen molar-refractivity contribution in [2.45, 2.75) is 51.4 Å². The fraction of sp³-hybridized carbons (Fsp3) is 0.846. The molecule has 1 fully saturated rings. The lowest BCUT2D eigenvalue weighted by Crippen LogP contribution is -2.46. The van der Waals surface area contributed by atoms with Crippen LogP contribution in [0.1, 0.15) is 51.4 Å². The first-order valence-corrected chi connectivity index (χ1v) is 6.60. The molecule has 1 saturated carbocycles. The normalized spacial score (nSPS) is 19.1. The van der Waals surface area contributed by atoms with Crippen molar-refractivity contribution in [3.63, 3.8) is 0 Å². The van der Waals surface area contributed by atoms with Crippen molar-refractivity contribution >= 4 is 5.91 Å². The number of carbonyl (C=O) groups excluding carboxylic acids is 1. The lowest BCUT2D eigenvalue weighted by molar-refractivity contribution is -0.131. The summed E-state index contributed by atoms with van der Waals surface area (Å²) in [4.78, 5) is 12.2. The van der Waals surface area contributed by atoms with E-state index in [0.717, 1.165) is 32.1 Å². The molecule has 0 aromatic carbocycles. The van der Waals surface area contributed by atoms with Crippen LogP contribution in [0.3, 0.4) is 0 Å². The fourth-order valence-electron chi connectivity index (χ4n) is 2.49. The van der Waals surface area contributed by atoms with Gasteiger partial charge in [0.15, 0.2) is 0 Å². The van der Waals surface area contributed by atoms with Gasteiger partial charge in [-0.05, 0) is 19.3 Å². The van der Waals surface area contributed by atoms with Gasteiger partial charge in [-0.15, -0.1) is 0 Å². The number of nitriles is 1. The number of carbonyl (C=O) groups is 1. The SMILES string of the molecule is N#CCCCNC(=O)C1(CN)CCCCCC1. The van der Waals surface area contributed by atoms with Gasteiger partial charge in [-0.3, -0.25) is 4.79 Å². The van der Waals surface area contributed by atoms with Crippen molar-refractivity contribution in [2.24, 2.45) is 11.1 Å². The Hall–Kier alpha value is -1.08. The molecule has 0 spiro atoms. The van der Waals surface area contributed by atoms with E-state index in [9.17, 15) is 4.79 Å². The molecular formula is C13H23N3O. The second-order valence-electron chi connectivity index (χ2n) is 4.92. The molecule has 1 rings (SSSR count). The summed E-state index contributed by atoms with van der Waals surface area (Å²) in [6.45, 7) is 1.03. The summed E-state index contributed by atoms with van der Waals surface area (Å²) in [5, 5.41) is 11.4. The predicted octanol–water partition coefficient (Wildman–Crippen LogP) is 1.71. The van der Waals surface area contributed by atoms with Crippen molar-refractivity contribution in [3.05, 3.63) is 0 Å². The molecule has 96 valence electrons. The van der Waals surface area contributed by atoms with Crippen LogP contribution in [-0.4, -0.2) is 19.0 Å². The number of unbranched alkanes of at least 4 members (excludes halogenated alkanes) is 1. The summed E-state index contributed by atoms with van der Waals surface area (Å²) < 4.78 is 0. The summed E-state index contributed by atoms with van der Waals surface area (Å²) in [5.41, 5.74) is 5.48. The zero-order chi connectivity index (χ0) is 12.6. The lowest BCUT2D eigenvalue weighted by atomic mass is 9.79. The Bertz CT molecular complexity index is 275. The third-order valence-electron chi connectivity index (χ3n) is 3.68. The highest BCUT2D eigenvalue weighted by Crippen LogP contribution is 2.34. The minimum Gasteiger partial charge on any atom is -0.356 e. The molecule has 0 aliphatic heterocycles. The van der Waals surface area contributed by atoms with Crippen LogP contribution in [0.5, 0.6) is 0 Å². The largest absolute Gasteiger partial charge is 0.356 e. The summed E-state index contributed by atoms with van der Waals surface area (Å²) in [5.74, 6) is 0.0971. The average Bonchev–Trinajstić information content (AvgIpc) is 2.60. The number of hydrogen-bond donors (Lipinski definition) is 2. The molecular weight excluding hydrogens is 214 g/mol. The van der Waals surface area contributed by atoms with Crippen molar-refractivity contribution in [1.29, 1.82) is 5.26 Å². The molecule has 0 aromatic heterocycles. The van der Waals surface area contributed by atoms with Gasteiger partial charge < -0.3 is 11.1 Å². The molecule has 0 saturated heterocycles. The van der Waals surface area contributed by atoms with Gasteiger partial charge in [0.25, 0.3) is 0 Å². The number of nitrogens with one attached hydrogen (secondary N) is 1. The Morgan fingerprint density at radius 2 is 1.94 bits per heavy atom. The van der Waals surface area contributed by atoms with E-state index in [1.807, 2.05) is 0 Å². The van der Waals surface area contributed by atoms with Crippen LogP contribution >= 0.6 is 0 Å². The molecule has 0 heterocycles. The molecule has 0 unspecified atom stereocenters. The first kappa shape index (κ1) is 14.0.